The molecule has 0 saturated carbocycles. The van der Waals surface area contributed by atoms with Crippen LogP contribution in [-0.4, -0.2) is 17.9 Å². The molecular formula is C16H14ClFN2O2. The molecule has 0 aromatic heterocycles. The molecule has 0 saturated heterocycles. The zero-order valence-electron chi connectivity index (χ0n) is 11.6. The van der Waals surface area contributed by atoms with Gasteiger partial charge in [-0.25, -0.2) is 4.39 Å². The lowest BCUT2D eigenvalue weighted by molar-refractivity contribution is -0.119. The summed E-state index contributed by atoms with van der Waals surface area (Å²) in [6.45, 7) is 0. The van der Waals surface area contributed by atoms with E-state index in [1.165, 1.54) is 30.3 Å². The Morgan fingerprint density at radius 2 is 1.86 bits per heavy atom. The number of carbonyl (C=O) groups excluding carboxylic acids is 2. The van der Waals surface area contributed by atoms with Gasteiger partial charge in [0, 0.05) is 17.0 Å². The zero-order chi connectivity index (χ0) is 16.1. The number of hydrogen-bond donors (Lipinski definition) is 2. The van der Waals surface area contributed by atoms with Crippen molar-refractivity contribution in [2.75, 3.05) is 0 Å². The van der Waals surface area contributed by atoms with Gasteiger partial charge in [-0.05, 0) is 42.0 Å². The molecule has 0 bridgehead atoms. The van der Waals surface area contributed by atoms with Gasteiger partial charge in [-0.2, -0.15) is 0 Å². The van der Waals surface area contributed by atoms with Gasteiger partial charge in [0.15, 0.2) is 0 Å². The third-order valence-electron chi connectivity index (χ3n) is 3.08. The van der Waals surface area contributed by atoms with Gasteiger partial charge in [0.2, 0.25) is 5.91 Å². The van der Waals surface area contributed by atoms with Crippen molar-refractivity contribution in [1.29, 1.82) is 0 Å². The van der Waals surface area contributed by atoms with Crippen molar-refractivity contribution in [2.24, 2.45) is 5.73 Å². The number of benzene rings is 2. The van der Waals surface area contributed by atoms with Crippen LogP contribution in [0, 0.1) is 5.82 Å². The molecule has 2 rings (SSSR count). The lowest BCUT2D eigenvalue weighted by Gasteiger charge is -2.15. The molecule has 2 aromatic carbocycles. The largest absolute Gasteiger partial charge is 0.368 e. The van der Waals surface area contributed by atoms with Crippen LogP contribution < -0.4 is 11.1 Å². The van der Waals surface area contributed by atoms with Gasteiger partial charge in [0.1, 0.15) is 11.9 Å². The lowest BCUT2D eigenvalue weighted by atomic mass is 10.0. The van der Waals surface area contributed by atoms with Crippen molar-refractivity contribution in [2.45, 2.75) is 12.5 Å². The van der Waals surface area contributed by atoms with E-state index in [2.05, 4.69) is 5.32 Å². The summed E-state index contributed by atoms with van der Waals surface area (Å²) < 4.78 is 13.2. The Labute approximate surface area is 132 Å². The minimum atomic E-state index is -0.926. The number of halogens is 2. The first-order valence-corrected chi connectivity index (χ1v) is 6.93. The lowest BCUT2D eigenvalue weighted by Crippen LogP contribution is -2.45. The van der Waals surface area contributed by atoms with Gasteiger partial charge >= 0.3 is 0 Å². The van der Waals surface area contributed by atoms with E-state index < -0.39 is 23.7 Å². The molecule has 0 aliphatic carbocycles. The molecule has 0 fully saturated rings. The second-order valence-corrected chi connectivity index (χ2v) is 5.21. The van der Waals surface area contributed by atoms with Gasteiger partial charge in [-0.3, -0.25) is 9.59 Å². The molecule has 3 N–H and O–H groups in total. The minimum absolute atomic E-state index is 0.117. The normalized spacial score (nSPS) is 11.7. The average molecular weight is 321 g/mol. The Morgan fingerprint density at radius 1 is 1.18 bits per heavy atom. The zero-order valence-corrected chi connectivity index (χ0v) is 12.3. The molecule has 1 atom stereocenters. The molecule has 0 radical (unpaired) electrons. The average Bonchev–Trinajstić information content (AvgIpc) is 2.47. The predicted octanol–water partition coefficient (Wildman–Crippen LogP) is 2.31. The first kappa shape index (κ1) is 16.0. The highest BCUT2D eigenvalue weighted by molar-refractivity contribution is 6.30. The fraction of sp³-hybridized carbons (Fsp3) is 0.125. The van der Waals surface area contributed by atoms with E-state index in [1.54, 1.807) is 18.2 Å². The Kier molecular flexibility index (Phi) is 5.12. The maximum atomic E-state index is 13.2. The maximum Gasteiger partial charge on any atom is 0.251 e. The molecular weight excluding hydrogens is 307 g/mol. The summed E-state index contributed by atoms with van der Waals surface area (Å²) in [5, 5.41) is 3.04. The highest BCUT2D eigenvalue weighted by Gasteiger charge is 2.19. The van der Waals surface area contributed by atoms with Gasteiger partial charge in [-0.15, -0.1) is 0 Å². The summed E-state index contributed by atoms with van der Waals surface area (Å²) in [5.74, 6) is -1.55. The molecule has 0 heterocycles. The second kappa shape index (κ2) is 7.04. The molecule has 4 nitrogen and oxygen atoms in total. The smallest absolute Gasteiger partial charge is 0.251 e. The summed E-state index contributed by atoms with van der Waals surface area (Å²) in [5.41, 5.74) is 6.23. The van der Waals surface area contributed by atoms with Gasteiger partial charge < -0.3 is 11.1 Å². The van der Waals surface area contributed by atoms with E-state index in [1.807, 2.05) is 0 Å². The van der Waals surface area contributed by atoms with Gasteiger partial charge in [0.25, 0.3) is 5.91 Å². The van der Waals surface area contributed by atoms with Gasteiger partial charge in [0.05, 0.1) is 0 Å². The van der Waals surface area contributed by atoms with Crippen LogP contribution in [0.4, 0.5) is 4.39 Å². The van der Waals surface area contributed by atoms with Crippen molar-refractivity contribution in [3.8, 4) is 0 Å². The molecule has 22 heavy (non-hydrogen) atoms. The number of carbonyl (C=O) groups is 2. The molecule has 0 spiro atoms. The Bertz CT molecular complexity index is 689. The maximum absolute atomic E-state index is 13.2. The van der Waals surface area contributed by atoms with E-state index in [4.69, 9.17) is 17.3 Å². The Hall–Kier alpha value is -2.40. The molecule has 2 amide bonds. The summed E-state index contributed by atoms with van der Waals surface area (Å²) in [6, 6.07) is 11.1. The summed E-state index contributed by atoms with van der Waals surface area (Å²) >= 11 is 5.75. The van der Waals surface area contributed by atoms with Crippen molar-refractivity contribution in [3.05, 3.63) is 70.5 Å². The summed E-state index contributed by atoms with van der Waals surface area (Å²) in [6.07, 6.45) is 0.117. The van der Waals surface area contributed by atoms with Crippen LogP contribution in [0.1, 0.15) is 15.9 Å². The molecule has 0 aliphatic heterocycles. The summed E-state index contributed by atoms with van der Waals surface area (Å²) in [4.78, 5) is 23.6. The monoisotopic (exact) mass is 320 g/mol. The number of nitrogens with one attached hydrogen (secondary N) is 1. The van der Waals surface area contributed by atoms with Crippen LogP contribution in [0.2, 0.25) is 5.02 Å². The molecule has 114 valence electrons. The third-order valence-corrected chi connectivity index (χ3v) is 3.34. The Morgan fingerprint density at radius 3 is 2.45 bits per heavy atom. The molecule has 0 aliphatic rings. The standard InChI is InChI=1S/C16H14ClFN2O2/c17-12-6-4-11(5-7-12)16(22)20-14(15(19)21)9-10-2-1-3-13(18)8-10/h1-8,14H,9H2,(H2,19,21)(H,20,22)/t14-/m0/s1. The Balaban J connectivity index is 2.10. The highest BCUT2D eigenvalue weighted by Crippen LogP contribution is 2.11. The number of primary amides is 1. The number of amides is 2. The first-order valence-electron chi connectivity index (χ1n) is 6.56. The molecule has 6 heteroatoms. The topological polar surface area (TPSA) is 72.2 Å². The fourth-order valence-corrected chi connectivity index (χ4v) is 2.09. The second-order valence-electron chi connectivity index (χ2n) is 4.77. The van der Waals surface area contributed by atoms with Gasteiger partial charge in [-0.1, -0.05) is 23.7 Å². The van der Waals surface area contributed by atoms with Crippen molar-refractivity contribution in [3.63, 3.8) is 0 Å². The molecule has 0 unspecified atom stereocenters. The quantitative estimate of drug-likeness (QED) is 0.887. The van der Waals surface area contributed by atoms with E-state index in [9.17, 15) is 14.0 Å². The first-order chi connectivity index (χ1) is 10.5. The number of rotatable bonds is 5. The van der Waals surface area contributed by atoms with E-state index >= 15 is 0 Å². The van der Waals surface area contributed by atoms with Crippen LogP contribution in [-0.2, 0) is 11.2 Å². The van der Waals surface area contributed by atoms with Crippen LogP contribution >= 0.6 is 11.6 Å². The van der Waals surface area contributed by atoms with Crippen LogP contribution in [0.25, 0.3) is 0 Å². The minimum Gasteiger partial charge on any atom is -0.368 e. The van der Waals surface area contributed by atoms with E-state index in [-0.39, 0.29) is 6.42 Å². The van der Waals surface area contributed by atoms with Crippen LogP contribution in [0.3, 0.4) is 0 Å². The van der Waals surface area contributed by atoms with E-state index in [0.29, 0.717) is 16.1 Å². The van der Waals surface area contributed by atoms with Crippen molar-refractivity contribution < 1.29 is 14.0 Å². The van der Waals surface area contributed by atoms with Crippen molar-refractivity contribution in [1.82, 2.24) is 5.32 Å². The number of nitrogens with two attached hydrogens (primary N) is 1. The SMILES string of the molecule is NC(=O)[C@H](Cc1cccc(F)c1)NC(=O)c1ccc(Cl)cc1. The molecule has 2 aromatic rings. The summed E-state index contributed by atoms with van der Waals surface area (Å²) in [7, 11) is 0. The van der Waals surface area contributed by atoms with Crippen molar-refractivity contribution >= 4 is 23.4 Å². The highest BCUT2D eigenvalue weighted by atomic mass is 35.5. The number of hydrogen-bond acceptors (Lipinski definition) is 2. The predicted molar refractivity (Wildman–Crippen MR) is 82.0 cm³/mol. The van der Waals surface area contributed by atoms with Crippen LogP contribution in [0.15, 0.2) is 48.5 Å². The van der Waals surface area contributed by atoms with E-state index in [0.717, 1.165) is 0 Å². The van der Waals surface area contributed by atoms with Crippen LogP contribution in [0.5, 0.6) is 0 Å². The third kappa shape index (κ3) is 4.30. The fourth-order valence-electron chi connectivity index (χ4n) is 1.97.